The molecule has 8 heteroatoms. The van der Waals surface area contributed by atoms with Crippen LogP contribution >= 0.6 is 0 Å². The van der Waals surface area contributed by atoms with Gasteiger partial charge >= 0.3 is 0 Å². The fraction of sp³-hybridized carbons (Fsp3) is 0.500. The van der Waals surface area contributed by atoms with Crippen molar-refractivity contribution in [2.45, 2.75) is 38.6 Å². The zero-order valence-corrected chi connectivity index (χ0v) is 15.0. The highest BCUT2D eigenvalue weighted by atomic mass is 19.1. The van der Waals surface area contributed by atoms with Gasteiger partial charge in [-0.2, -0.15) is 0 Å². The highest BCUT2D eigenvalue weighted by Crippen LogP contribution is 2.27. The molecular formula is C18H23F2N5O. The summed E-state index contributed by atoms with van der Waals surface area (Å²) < 4.78 is 28.9. The van der Waals surface area contributed by atoms with Gasteiger partial charge in [-0.1, -0.05) is 0 Å². The van der Waals surface area contributed by atoms with Crippen molar-refractivity contribution in [2.75, 3.05) is 25.0 Å². The van der Waals surface area contributed by atoms with E-state index in [1.807, 2.05) is 4.90 Å². The molecule has 2 heterocycles. The summed E-state index contributed by atoms with van der Waals surface area (Å²) in [6.07, 6.45) is 3.66. The monoisotopic (exact) mass is 363 g/mol. The minimum absolute atomic E-state index is 0.127. The van der Waals surface area contributed by atoms with E-state index in [1.54, 1.807) is 6.33 Å². The van der Waals surface area contributed by atoms with Crippen LogP contribution in [0.15, 0.2) is 24.5 Å². The maximum Gasteiger partial charge on any atom is 0.238 e. The largest absolute Gasteiger partial charge is 0.322 e. The zero-order valence-electron chi connectivity index (χ0n) is 15.0. The van der Waals surface area contributed by atoms with Gasteiger partial charge in [0.1, 0.15) is 23.8 Å². The molecule has 1 amide bonds. The molecule has 1 fully saturated rings. The molecule has 1 atom stereocenters. The third kappa shape index (κ3) is 4.24. The summed E-state index contributed by atoms with van der Waals surface area (Å²) in [6, 6.07) is 3.28. The molecule has 0 spiro atoms. The van der Waals surface area contributed by atoms with Crippen LogP contribution in [0.5, 0.6) is 0 Å². The van der Waals surface area contributed by atoms with E-state index < -0.39 is 11.6 Å². The molecule has 3 rings (SSSR count). The number of halogens is 2. The number of nitrogens with zero attached hydrogens (tertiary/aromatic N) is 4. The Bertz CT molecular complexity index is 777. The third-order valence-electron chi connectivity index (χ3n) is 4.60. The first-order valence-electron chi connectivity index (χ1n) is 8.80. The van der Waals surface area contributed by atoms with Crippen molar-refractivity contribution in [3.63, 3.8) is 0 Å². The second-order valence-corrected chi connectivity index (χ2v) is 6.94. The van der Waals surface area contributed by atoms with Crippen molar-refractivity contribution in [3.05, 3.63) is 42.0 Å². The van der Waals surface area contributed by atoms with Gasteiger partial charge in [0.15, 0.2) is 0 Å². The normalized spacial score (nSPS) is 18.3. The minimum atomic E-state index is -0.652. The van der Waals surface area contributed by atoms with E-state index in [-0.39, 0.29) is 30.1 Å². The lowest BCUT2D eigenvalue weighted by molar-refractivity contribution is -0.117. The molecule has 1 aliphatic heterocycles. The number of carbonyl (C=O) groups excluding carboxylic acids is 1. The summed E-state index contributed by atoms with van der Waals surface area (Å²) in [5.41, 5.74) is -0.136. The molecule has 1 aliphatic rings. The number of hydrogen-bond acceptors (Lipinski definition) is 4. The summed E-state index contributed by atoms with van der Waals surface area (Å²) in [6.45, 7) is 5.75. The molecule has 1 unspecified atom stereocenters. The second kappa shape index (κ2) is 7.90. The van der Waals surface area contributed by atoms with Crippen LogP contribution in [0.25, 0.3) is 0 Å². The van der Waals surface area contributed by atoms with Gasteiger partial charge in [-0.05, 0) is 45.4 Å². The van der Waals surface area contributed by atoms with E-state index in [0.717, 1.165) is 43.4 Å². The van der Waals surface area contributed by atoms with Gasteiger partial charge in [0.25, 0.3) is 0 Å². The Labute approximate surface area is 151 Å². The summed E-state index contributed by atoms with van der Waals surface area (Å²) >= 11 is 0. The number of nitrogens with one attached hydrogen (secondary N) is 1. The maximum atomic E-state index is 13.7. The first kappa shape index (κ1) is 18.4. The molecular weight excluding hydrogens is 340 g/mol. The third-order valence-corrected chi connectivity index (χ3v) is 4.60. The van der Waals surface area contributed by atoms with Crippen molar-refractivity contribution in [3.8, 4) is 0 Å². The fourth-order valence-corrected chi connectivity index (χ4v) is 3.34. The molecule has 6 nitrogen and oxygen atoms in total. The molecule has 26 heavy (non-hydrogen) atoms. The van der Waals surface area contributed by atoms with Gasteiger partial charge in [-0.15, -0.1) is 10.2 Å². The average molecular weight is 363 g/mol. The van der Waals surface area contributed by atoms with Crippen LogP contribution in [-0.2, 0) is 4.79 Å². The highest BCUT2D eigenvalue weighted by molar-refractivity contribution is 5.92. The van der Waals surface area contributed by atoms with Crippen molar-refractivity contribution in [1.29, 1.82) is 0 Å². The number of aromatic nitrogens is 3. The van der Waals surface area contributed by atoms with Gasteiger partial charge in [-0.25, -0.2) is 8.78 Å². The van der Waals surface area contributed by atoms with Gasteiger partial charge in [-0.3, -0.25) is 9.69 Å². The fourth-order valence-electron chi connectivity index (χ4n) is 3.34. The maximum absolute atomic E-state index is 13.7. The molecule has 1 aromatic heterocycles. The van der Waals surface area contributed by atoms with Gasteiger partial charge in [0, 0.05) is 24.6 Å². The summed E-state index contributed by atoms with van der Waals surface area (Å²) in [7, 11) is 0. The van der Waals surface area contributed by atoms with Crippen molar-refractivity contribution in [2.24, 2.45) is 0 Å². The van der Waals surface area contributed by atoms with Gasteiger partial charge in [0.05, 0.1) is 12.2 Å². The number of rotatable bonds is 5. The van der Waals surface area contributed by atoms with E-state index in [9.17, 15) is 13.6 Å². The molecule has 0 radical (unpaired) electrons. The Kier molecular flexibility index (Phi) is 5.61. The molecule has 1 aromatic carbocycles. The van der Waals surface area contributed by atoms with Crippen LogP contribution < -0.4 is 5.32 Å². The number of amides is 1. The predicted molar refractivity (Wildman–Crippen MR) is 93.8 cm³/mol. The topological polar surface area (TPSA) is 63.1 Å². The highest BCUT2D eigenvalue weighted by Gasteiger charge is 2.27. The Balaban J connectivity index is 1.62. The minimum Gasteiger partial charge on any atom is -0.322 e. The summed E-state index contributed by atoms with van der Waals surface area (Å²) in [5.74, 6) is -0.469. The van der Waals surface area contributed by atoms with E-state index in [4.69, 9.17) is 0 Å². The van der Waals surface area contributed by atoms with E-state index in [1.165, 1.54) is 0 Å². The number of likely N-dealkylation sites (tertiary alicyclic amines) is 1. The van der Waals surface area contributed by atoms with Crippen molar-refractivity contribution < 1.29 is 13.6 Å². The molecule has 0 aliphatic carbocycles. The van der Waals surface area contributed by atoms with Crippen LogP contribution in [0.1, 0.15) is 44.5 Å². The number of hydrogen-bond donors (Lipinski definition) is 1. The number of anilines is 1. The lowest BCUT2D eigenvalue weighted by atomic mass is 9.97. The van der Waals surface area contributed by atoms with Crippen LogP contribution in [-0.4, -0.2) is 45.2 Å². The van der Waals surface area contributed by atoms with Crippen LogP contribution in [0, 0.1) is 11.6 Å². The number of carbonyl (C=O) groups is 1. The molecule has 140 valence electrons. The standard InChI is InChI=1S/C18H23F2N5O/c1-12(2)25-11-21-23-18(25)13-4-3-7-24(9-13)10-17(26)22-16-8-14(19)5-6-15(16)20/h5-6,8,11-13H,3-4,7,9-10H2,1-2H3,(H,22,26). The Morgan fingerprint density at radius 2 is 2.19 bits per heavy atom. The molecule has 1 saturated heterocycles. The van der Waals surface area contributed by atoms with Gasteiger partial charge in [0.2, 0.25) is 5.91 Å². The quantitative estimate of drug-likeness (QED) is 0.887. The molecule has 1 N–H and O–H groups in total. The first-order chi connectivity index (χ1) is 12.4. The predicted octanol–water partition coefficient (Wildman–Crippen LogP) is 2.96. The van der Waals surface area contributed by atoms with Crippen LogP contribution in [0.3, 0.4) is 0 Å². The summed E-state index contributed by atoms with van der Waals surface area (Å²) in [4.78, 5) is 14.3. The molecule has 0 saturated carbocycles. The van der Waals surface area contributed by atoms with E-state index >= 15 is 0 Å². The van der Waals surface area contributed by atoms with Crippen LogP contribution in [0.2, 0.25) is 0 Å². The smallest absolute Gasteiger partial charge is 0.238 e. The Hall–Kier alpha value is -2.35. The van der Waals surface area contributed by atoms with E-state index in [2.05, 4.69) is 33.9 Å². The summed E-state index contributed by atoms with van der Waals surface area (Å²) in [5, 5.41) is 10.7. The molecule has 0 bridgehead atoms. The van der Waals surface area contributed by atoms with Gasteiger partial charge < -0.3 is 9.88 Å². The lowest BCUT2D eigenvalue weighted by Gasteiger charge is -2.32. The Morgan fingerprint density at radius 1 is 1.38 bits per heavy atom. The zero-order chi connectivity index (χ0) is 18.7. The van der Waals surface area contributed by atoms with E-state index in [0.29, 0.717) is 6.54 Å². The van der Waals surface area contributed by atoms with Crippen molar-refractivity contribution >= 4 is 11.6 Å². The SMILES string of the molecule is CC(C)n1cnnc1C1CCCN(CC(=O)Nc2cc(F)ccc2F)C1. The average Bonchev–Trinajstić information content (AvgIpc) is 3.08. The lowest BCUT2D eigenvalue weighted by Crippen LogP contribution is -2.40. The van der Waals surface area contributed by atoms with Crippen LogP contribution in [0.4, 0.5) is 14.5 Å². The first-order valence-corrected chi connectivity index (χ1v) is 8.80. The number of benzene rings is 1. The number of piperidine rings is 1. The van der Waals surface area contributed by atoms with Crippen molar-refractivity contribution in [1.82, 2.24) is 19.7 Å². The second-order valence-electron chi connectivity index (χ2n) is 6.94. The Morgan fingerprint density at radius 3 is 2.96 bits per heavy atom. The molecule has 2 aromatic rings.